The Kier molecular flexibility index (Phi) is 2.39. The Morgan fingerprint density at radius 2 is 2.29 bits per heavy atom. The molecule has 74 valence electrons. The molecular weight excluding hydrogens is 176 g/mol. The molecule has 0 spiro atoms. The van der Waals surface area contributed by atoms with Crippen LogP contribution in [-0.4, -0.2) is 17.4 Å². The maximum atomic E-state index is 11.4. The fourth-order valence-electron chi connectivity index (χ4n) is 1.78. The fourth-order valence-corrected chi connectivity index (χ4v) is 1.78. The molecular formula is C11H14N2O. The Morgan fingerprint density at radius 1 is 1.43 bits per heavy atom. The lowest BCUT2D eigenvalue weighted by molar-refractivity contribution is -0.128. The lowest BCUT2D eigenvalue weighted by atomic mass is 10.2. The van der Waals surface area contributed by atoms with Gasteiger partial charge in [-0.1, -0.05) is 12.1 Å². The highest BCUT2D eigenvalue weighted by molar-refractivity contribution is 5.78. The van der Waals surface area contributed by atoms with Crippen molar-refractivity contribution >= 4 is 11.6 Å². The van der Waals surface area contributed by atoms with Gasteiger partial charge in [0.2, 0.25) is 5.91 Å². The zero-order valence-electron chi connectivity index (χ0n) is 8.07. The number of rotatable bonds is 2. The van der Waals surface area contributed by atoms with Gasteiger partial charge in [0.15, 0.2) is 0 Å². The summed E-state index contributed by atoms with van der Waals surface area (Å²) in [6.07, 6.45) is 1.68. The molecule has 0 unspecified atom stereocenters. The Labute approximate surface area is 83.5 Å². The molecule has 3 nitrogen and oxygen atoms in total. The number of likely N-dealkylation sites (tertiary alicyclic amines) is 1. The molecule has 1 aromatic carbocycles. The van der Waals surface area contributed by atoms with E-state index in [0.29, 0.717) is 13.0 Å². The molecule has 1 amide bonds. The monoisotopic (exact) mass is 190 g/mol. The Balaban J connectivity index is 2.07. The molecule has 2 rings (SSSR count). The summed E-state index contributed by atoms with van der Waals surface area (Å²) in [5.74, 6) is 0.257. The minimum atomic E-state index is 0.257. The second-order valence-corrected chi connectivity index (χ2v) is 3.66. The van der Waals surface area contributed by atoms with Crippen molar-refractivity contribution in [2.45, 2.75) is 19.4 Å². The van der Waals surface area contributed by atoms with Crippen LogP contribution >= 0.6 is 0 Å². The average molecular weight is 190 g/mol. The smallest absolute Gasteiger partial charge is 0.222 e. The maximum absolute atomic E-state index is 11.4. The van der Waals surface area contributed by atoms with Crippen molar-refractivity contribution in [1.82, 2.24) is 4.90 Å². The summed E-state index contributed by atoms with van der Waals surface area (Å²) in [6, 6.07) is 7.70. The second-order valence-electron chi connectivity index (χ2n) is 3.66. The number of nitrogens with zero attached hydrogens (tertiary/aromatic N) is 1. The van der Waals surface area contributed by atoms with Crippen molar-refractivity contribution in [1.29, 1.82) is 0 Å². The van der Waals surface area contributed by atoms with Crippen molar-refractivity contribution in [3.63, 3.8) is 0 Å². The first kappa shape index (κ1) is 9.06. The summed E-state index contributed by atoms with van der Waals surface area (Å²) in [4.78, 5) is 13.2. The number of hydrogen-bond donors (Lipinski definition) is 1. The van der Waals surface area contributed by atoms with Gasteiger partial charge < -0.3 is 10.6 Å². The SMILES string of the molecule is Nc1cccc(CN2CCCC2=O)c1. The van der Waals surface area contributed by atoms with Crippen LogP contribution in [0.1, 0.15) is 18.4 Å². The normalized spacial score (nSPS) is 16.3. The van der Waals surface area contributed by atoms with E-state index in [1.807, 2.05) is 29.2 Å². The van der Waals surface area contributed by atoms with Gasteiger partial charge in [-0.3, -0.25) is 4.79 Å². The van der Waals surface area contributed by atoms with Gasteiger partial charge in [0.05, 0.1) is 0 Å². The van der Waals surface area contributed by atoms with Gasteiger partial charge in [-0.25, -0.2) is 0 Å². The number of nitrogens with two attached hydrogens (primary N) is 1. The predicted molar refractivity (Wildman–Crippen MR) is 55.5 cm³/mol. The molecule has 0 saturated carbocycles. The van der Waals surface area contributed by atoms with E-state index in [1.54, 1.807) is 0 Å². The van der Waals surface area contributed by atoms with E-state index in [-0.39, 0.29) is 5.91 Å². The molecule has 1 aliphatic rings. The number of nitrogen functional groups attached to an aromatic ring is 1. The summed E-state index contributed by atoms with van der Waals surface area (Å²) in [5, 5.41) is 0. The molecule has 1 aliphatic heterocycles. The van der Waals surface area contributed by atoms with E-state index in [0.717, 1.165) is 24.2 Å². The lowest BCUT2D eigenvalue weighted by Gasteiger charge is -2.15. The Bertz CT molecular complexity index is 349. The van der Waals surface area contributed by atoms with Gasteiger partial charge in [-0.05, 0) is 24.1 Å². The summed E-state index contributed by atoms with van der Waals surface area (Å²) >= 11 is 0. The predicted octanol–water partition coefficient (Wildman–Crippen LogP) is 1.39. The average Bonchev–Trinajstić information content (AvgIpc) is 2.52. The molecule has 1 aromatic rings. The minimum absolute atomic E-state index is 0.257. The van der Waals surface area contributed by atoms with Crippen molar-refractivity contribution in [2.24, 2.45) is 0 Å². The molecule has 0 bridgehead atoms. The molecule has 1 saturated heterocycles. The molecule has 14 heavy (non-hydrogen) atoms. The van der Waals surface area contributed by atoms with Crippen molar-refractivity contribution < 1.29 is 4.79 Å². The first-order valence-electron chi connectivity index (χ1n) is 4.88. The van der Waals surface area contributed by atoms with Gasteiger partial charge in [0.25, 0.3) is 0 Å². The van der Waals surface area contributed by atoms with Gasteiger partial charge in [0.1, 0.15) is 0 Å². The number of amides is 1. The van der Waals surface area contributed by atoms with Crippen LogP contribution in [-0.2, 0) is 11.3 Å². The number of benzene rings is 1. The minimum Gasteiger partial charge on any atom is -0.399 e. The van der Waals surface area contributed by atoms with Crippen LogP contribution in [0.25, 0.3) is 0 Å². The molecule has 0 aliphatic carbocycles. The van der Waals surface area contributed by atoms with Gasteiger partial charge in [-0.15, -0.1) is 0 Å². The number of carbonyl (C=O) groups excluding carboxylic acids is 1. The second kappa shape index (κ2) is 3.70. The van der Waals surface area contributed by atoms with Crippen molar-refractivity contribution in [3.8, 4) is 0 Å². The van der Waals surface area contributed by atoms with E-state index >= 15 is 0 Å². The maximum Gasteiger partial charge on any atom is 0.222 e. The van der Waals surface area contributed by atoms with Crippen LogP contribution in [0.3, 0.4) is 0 Å². The number of hydrogen-bond acceptors (Lipinski definition) is 2. The summed E-state index contributed by atoms with van der Waals surface area (Å²) in [5.41, 5.74) is 7.53. The molecule has 3 heteroatoms. The lowest BCUT2D eigenvalue weighted by Crippen LogP contribution is -2.23. The van der Waals surface area contributed by atoms with E-state index in [4.69, 9.17) is 5.73 Å². The van der Waals surface area contributed by atoms with Crippen molar-refractivity contribution in [2.75, 3.05) is 12.3 Å². The van der Waals surface area contributed by atoms with Crippen LogP contribution in [0.15, 0.2) is 24.3 Å². The van der Waals surface area contributed by atoms with E-state index in [9.17, 15) is 4.79 Å². The summed E-state index contributed by atoms with van der Waals surface area (Å²) in [7, 11) is 0. The van der Waals surface area contributed by atoms with Crippen LogP contribution in [0.5, 0.6) is 0 Å². The number of anilines is 1. The van der Waals surface area contributed by atoms with E-state index < -0.39 is 0 Å². The topological polar surface area (TPSA) is 46.3 Å². The summed E-state index contributed by atoms with van der Waals surface area (Å²) in [6.45, 7) is 1.58. The standard InChI is InChI=1S/C11H14N2O/c12-10-4-1-3-9(7-10)8-13-6-2-5-11(13)14/h1,3-4,7H,2,5-6,8,12H2. The summed E-state index contributed by atoms with van der Waals surface area (Å²) < 4.78 is 0. The first-order valence-corrected chi connectivity index (χ1v) is 4.88. The van der Waals surface area contributed by atoms with Crippen LogP contribution < -0.4 is 5.73 Å². The third kappa shape index (κ3) is 1.87. The van der Waals surface area contributed by atoms with Crippen LogP contribution in [0.2, 0.25) is 0 Å². The van der Waals surface area contributed by atoms with Crippen LogP contribution in [0, 0.1) is 0 Å². The Hall–Kier alpha value is -1.51. The molecule has 0 atom stereocenters. The highest BCUT2D eigenvalue weighted by Gasteiger charge is 2.19. The third-order valence-electron chi connectivity index (χ3n) is 2.50. The zero-order valence-corrected chi connectivity index (χ0v) is 8.07. The van der Waals surface area contributed by atoms with E-state index in [2.05, 4.69) is 0 Å². The molecule has 1 heterocycles. The highest BCUT2D eigenvalue weighted by atomic mass is 16.2. The van der Waals surface area contributed by atoms with Gasteiger partial charge in [0, 0.05) is 25.2 Å². The third-order valence-corrected chi connectivity index (χ3v) is 2.50. The molecule has 2 N–H and O–H groups in total. The van der Waals surface area contributed by atoms with Crippen LogP contribution in [0.4, 0.5) is 5.69 Å². The quantitative estimate of drug-likeness (QED) is 0.716. The number of carbonyl (C=O) groups is 1. The van der Waals surface area contributed by atoms with Gasteiger partial charge >= 0.3 is 0 Å². The zero-order chi connectivity index (χ0) is 9.97. The molecule has 1 fully saturated rings. The highest BCUT2D eigenvalue weighted by Crippen LogP contribution is 2.15. The Morgan fingerprint density at radius 3 is 2.93 bits per heavy atom. The van der Waals surface area contributed by atoms with Gasteiger partial charge in [-0.2, -0.15) is 0 Å². The molecule has 0 aromatic heterocycles. The molecule has 0 radical (unpaired) electrons. The van der Waals surface area contributed by atoms with Crippen molar-refractivity contribution in [3.05, 3.63) is 29.8 Å². The van der Waals surface area contributed by atoms with E-state index in [1.165, 1.54) is 0 Å². The first-order chi connectivity index (χ1) is 6.75. The largest absolute Gasteiger partial charge is 0.399 e. The fraction of sp³-hybridized carbons (Fsp3) is 0.364.